The van der Waals surface area contributed by atoms with Crippen LogP contribution in [0.2, 0.25) is 0 Å². The van der Waals surface area contributed by atoms with Gasteiger partial charge in [0.15, 0.2) is 0 Å². The molecule has 5 nitrogen and oxygen atoms in total. The van der Waals surface area contributed by atoms with E-state index in [0.717, 1.165) is 32.4 Å². The molecule has 2 rings (SSSR count). The fourth-order valence-corrected chi connectivity index (χ4v) is 2.96. The SMILES string of the molecule is CC(C)NC(=O)NC(=O)CN1CCC(Cc2ccccc2)CC1. The Morgan fingerprint density at radius 3 is 2.43 bits per heavy atom. The average Bonchev–Trinajstić information content (AvgIpc) is 2.49. The molecule has 0 aromatic heterocycles. The summed E-state index contributed by atoms with van der Waals surface area (Å²) in [7, 11) is 0. The van der Waals surface area contributed by atoms with Crippen molar-refractivity contribution < 1.29 is 9.59 Å². The number of benzene rings is 1. The second kappa shape index (κ2) is 8.67. The maximum Gasteiger partial charge on any atom is 0.321 e. The van der Waals surface area contributed by atoms with Crippen LogP contribution in [0.5, 0.6) is 0 Å². The molecule has 1 aromatic rings. The number of hydrogen-bond acceptors (Lipinski definition) is 3. The number of piperidine rings is 1. The lowest BCUT2D eigenvalue weighted by atomic mass is 9.90. The lowest BCUT2D eigenvalue weighted by Crippen LogP contribution is -2.47. The highest BCUT2D eigenvalue weighted by Gasteiger charge is 2.21. The number of nitrogens with zero attached hydrogens (tertiary/aromatic N) is 1. The van der Waals surface area contributed by atoms with Crippen LogP contribution in [0.3, 0.4) is 0 Å². The molecule has 0 spiro atoms. The van der Waals surface area contributed by atoms with Crippen LogP contribution in [0.25, 0.3) is 0 Å². The Hall–Kier alpha value is -1.88. The molecular weight excluding hydrogens is 290 g/mol. The molecule has 1 heterocycles. The summed E-state index contributed by atoms with van der Waals surface area (Å²) in [6.45, 7) is 5.85. The number of urea groups is 1. The summed E-state index contributed by atoms with van der Waals surface area (Å²) in [4.78, 5) is 25.5. The van der Waals surface area contributed by atoms with E-state index >= 15 is 0 Å². The first-order valence-corrected chi connectivity index (χ1v) is 8.39. The van der Waals surface area contributed by atoms with Gasteiger partial charge in [-0.1, -0.05) is 30.3 Å². The fraction of sp³-hybridized carbons (Fsp3) is 0.556. The zero-order valence-electron chi connectivity index (χ0n) is 14.0. The largest absolute Gasteiger partial charge is 0.336 e. The van der Waals surface area contributed by atoms with Gasteiger partial charge in [0.05, 0.1) is 6.54 Å². The molecule has 2 N–H and O–H groups in total. The topological polar surface area (TPSA) is 61.4 Å². The van der Waals surface area contributed by atoms with E-state index in [-0.39, 0.29) is 11.9 Å². The number of imide groups is 1. The van der Waals surface area contributed by atoms with E-state index in [2.05, 4.69) is 39.8 Å². The maximum absolute atomic E-state index is 11.9. The molecule has 1 saturated heterocycles. The molecule has 3 amide bonds. The van der Waals surface area contributed by atoms with Crippen molar-refractivity contribution in [3.05, 3.63) is 35.9 Å². The van der Waals surface area contributed by atoms with Gasteiger partial charge in [-0.05, 0) is 57.7 Å². The molecule has 126 valence electrons. The minimum atomic E-state index is -0.413. The first-order chi connectivity index (χ1) is 11.0. The van der Waals surface area contributed by atoms with Gasteiger partial charge in [-0.25, -0.2) is 4.79 Å². The van der Waals surface area contributed by atoms with E-state index in [1.54, 1.807) is 0 Å². The number of rotatable bonds is 5. The molecule has 5 heteroatoms. The van der Waals surface area contributed by atoms with Gasteiger partial charge in [-0.2, -0.15) is 0 Å². The van der Waals surface area contributed by atoms with E-state index in [1.807, 2.05) is 19.9 Å². The Morgan fingerprint density at radius 2 is 1.83 bits per heavy atom. The molecule has 0 radical (unpaired) electrons. The minimum absolute atomic E-state index is 0.0246. The van der Waals surface area contributed by atoms with Crippen LogP contribution in [0.15, 0.2) is 30.3 Å². The zero-order valence-corrected chi connectivity index (χ0v) is 14.0. The molecule has 0 atom stereocenters. The van der Waals surface area contributed by atoms with Crippen molar-refractivity contribution in [1.29, 1.82) is 0 Å². The highest BCUT2D eigenvalue weighted by molar-refractivity contribution is 5.95. The Labute approximate surface area is 138 Å². The van der Waals surface area contributed by atoms with Gasteiger partial charge in [-0.3, -0.25) is 15.0 Å². The van der Waals surface area contributed by atoms with E-state index in [0.29, 0.717) is 12.5 Å². The summed E-state index contributed by atoms with van der Waals surface area (Å²) in [6, 6.07) is 10.2. The van der Waals surface area contributed by atoms with Gasteiger partial charge in [0, 0.05) is 6.04 Å². The third-order valence-electron chi connectivity index (χ3n) is 4.11. The van der Waals surface area contributed by atoms with Crippen LogP contribution in [0.4, 0.5) is 4.79 Å². The number of carbonyl (C=O) groups excluding carboxylic acids is 2. The number of hydrogen-bond donors (Lipinski definition) is 2. The molecule has 23 heavy (non-hydrogen) atoms. The van der Waals surface area contributed by atoms with Gasteiger partial charge in [0.1, 0.15) is 0 Å². The van der Waals surface area contributed by atoms with Crippen LogP contribution in [-0.2, 0) is 11.2 Å². The number of carbonyl (C=O) groups is 2. The third kappa shape index (κ3) is 6.40. The fourth-order valence-electron chi connectivity index (χ4n) is 2.96. The van der Waals surface area contributed by atoms with Crippen molar-refractivity contribution in [3.63, 3.8) is 0 Å². The number of nitrogens with one attached hydrogen (secondary N) is 2. The predicted molar refractivity (Wildman–Crippen MR) is 91.1 cm³/mol. The van der Waals surface area contributed by atoms with Gasteiger partial charge in [0.2, 0.25) is 5.91 Å². The molecule has 1 aliphatic heterocycles. The van der Waals surface area contributed by atoms with E-state index in [4.69, 9.17) is 0 Å². The van der Waals surface area contributed by atoms with E-state index < -0.39 is 6.03 Å². The number of amides is 3. The standard InChI is InChI=1S/C18H27N3O2/c1-14(2)19-18(23)20-17(22)13-21-10-8-16(9-11-21)12-15-6-4-3-5-7-15/h3-7,14,16H,8-13H2,1-2H3,(H2,19,20,22,23). The Bertz CT molecular complexity index is 508. The summed E-state index contributed by atoms with van der Waals surface area (Å²) in [5.41, 5.74) is 1.38. The van der Waals surface area contributed by atoms with E-state index in [9.17, 15) is 9.59 Å². The summed E-state index contributed by atoms with van der Waals surface area (Å²) >= 11 is 0. The Balaban J connectivity index is 1.68. The van der Waals surface area contributed by atoms with Gasteiger partial charge < -0.3 is 5.32 Å². The summed E-state index contributed by atoms with van der Waals surface area (Å²) in [6.07, 6.45) is 3.30. The first-order valence-electron chi connectivity index (χ1n) is 8.39. The van der Waals surface area contributed by atoms with Gasteiger partial charge in [0.25, 0.3) is 0 Å². The van der Waals surface area contributed by atoms with E-state index in [1.165, 1.54) is 5.56 Å². The molecule has 0 unspecified atom stereocenters. The molecule has 0 bridgehead atoms. The molecule has 1 aliphatic rings. The average molecular weight is 317 g/mol. The normalized spacial score (nSPS) is 16.3. The lowest BCUT2D eigenvalue weighted by Gasteiger charge is -2.31. The summed E-state index contributed by atoms with van der Waals surface area (Å²) in [5.74, 6) is 0.450. The van der Waals surface area contributed by atoms with Crippen molar-refractivity contribution in [2.45, 2.75) is 39.2 Å². The second-order valence-corrected chi connectivity index (χ2v) is 6.59. The smallest absolute Gasteiger partial charge is 0.321 e. The lowest BCUT2D eigenvalue weighted by molar-refractivity contribution is -0.121. The monoisotopic (exact) mass is 317 g/mol. The third-order valence-corrected chi connectivity index (χ3v) is 4.11. The predicted octanol–water partition coefficient (Wildman–Crippen LogP) is 2.18. The summed E-state index contributed by atoms with van der Waals surface area (Å²) < 4.78 is 0. The Kier molecular flexibility index (Phi) is 6.59. The first kappa shape index (κ1) is 17.5. The van der Waals surface area contributed by atoms with Crippen molar-refractivity contribution in [2.24, 2.45) is 5.92 Å². The minimum Gasteiger partial charge on any atom is -0.336 e. The molecule has 0 saturated carbocycles. The van der Waals surface area contributed by atoms with Crippen molar-refractivity contribution in [1.82, 2.24) is 15.5 Å². The zero-order chi connectivity index (χ0) is 16.7. The van der Waals surface area contributed by atoms with Crippen LogP contribution < -0.4 is 10.6 Å². The maximum atomic E-state index is 11.9. The van der Waals surface area contributed by atoms with Crippen LogP contribution in [0.1, 0.15) is 32.3 Å². The molecule has 0 aliphatic carbocycles. The van der Waals surface area contributed by atoms with Gasteiger partial charge >= 0.3 is 6.03 Å². The Morgan fingerprint density at radius 1 is 1.17 bits per heavy atom. The van der Waals surface area contributed by atoms with Crippen molar-refractivity contribution >= 4 is 11.9 Å². The van der Waals surface area contributed by atoms with Gasteiger partial charge in [-0.15, -0.1) is 0 Å². The van der Waals surface area contributed by atoms with Crippen molar-refractivity contribution in [2.75, 3.05) is 19.6 Å². The molecule has 1 aromatic carbocycles. The number of likely N-dealkylation sites (tertiary alicyclic amines) is 1. The summed E-state index contributed by atoms with van der Waals surface area (Å²) in [5, 5.41) is 5.03. The second-order valence-electron chi connectivity index (χ2n) is 6.59. The quantitative estimate of drug-likeness (QED) is 0.875. The van der Waals surface area contributed by atoms with Crippen LogP contribution >= 0.6 is 0 Å². The van der Waals surface area contributed by atoms with Crippen LogP contribution in [-0.4, -0.2) is 42.5 Å². The molecular formula is C18H27N3O2. The van der Waals surface area contributed by atoms with Crippen molar-refractivity contribution in [3.8, 4) is 0 Å². The van der Waals surface area contributed by atoms with Crippen LogP contribution in [0, 0.1) is 5.92 Å². The molecule has 1 fully saturated rings. The highest BCUT2D eigenvalue weighted by atomic mass is 16.2. The highest BCUT2D eigenvalue weighted by Crippen LogP contribution is 2.21.